The van der Waals surface area contributed by atoms with Gasteiger partial charge in [-0.3, -0.25) is 0 Å². The third-order valence-electron chi connectivity index (χ3n) is 1.95. The highest BCUT2D eigenvalue weighted by Gasteiger charge is 2.07. The lowest BCUT2D eigenvalue weighted by atomic mass is 10.3. The molecule has 2 rings (SSSR count). The highest BCUT2D eigenvalue weighted by Crippen LogP contribution is 2.33. The number of rotatable bonds is 2. The summed E-state index contributed by atoms with van der Waals surface area (Å²) in [6.45, 7) is 0. The van der Waals surface area contributed by atoms with Gasteiger partial charge in [0.25, 0.3) is 0 Å². The largest absolute Gasteiger partial charge is 0.436 e. The monoisotopic (exact) mass is 376 g/mol. The normalized spacial score (nSPS) is 10.3. The first-order valence-corrected chi connectivity index (χ1v) is 6.56. The average Bonchev–Trinajstić information content (AvgIpc) is 2.25. The van der Waals surface area contributed by atoms with Crippen molar-refractivity contribution in [3.05, 3.63) is 44.4 Å². The summed E-state index contributed by atoms with van der Waals surface area (Å²) in [5, 5.41) is 0.477. The Bertz CT molecular complexity index is 514. The molecule has 0 fully saturated rings. The van der Waals surface area contributed by atoms with Crippen molar-refractivity contribution in [3.8, 4) is 11.6 Å². The van der Waals surface area contributed by atoms with E-state index in [1.807, 2.05) is 18.2 Å². The SMILES string of the molecule is Nc1cc(Cl)cnc1Oc1ccc(Br)cc1Br. The minimum atomic E-state index is 0.331. The van der Waals surface area contributed by atoms with Crippen molar-refractivity contribution in [1.29, 1.82) is 0 Å². The second-order valence-corrected chi connectivity index (χ2v) is 5.43. The maximum atomic E-state index is 5.76. The van der Waals surface area contributed by atoms with Crippen LogP contribution in [0.4, 0.5) is 5.69 Å². The van der Waals surface area contributed by atoms with Gasteiger partial charge in [-0.15, -0.1) is 0 Å². The fraction of sp³-hybridized carbons (Fsp3) is 0. The minimum Gasteiger partial charge on any atom is -0.436 e. The van der Waals surface area contributed by atoms with E-state index in [1.54, 1.807) is 6.07 Å². The molecule has 2 aromatic rings. The molecule has 0 radical (unpaired) electrons. The molecule has 0 saturated heterocycles. The second-order valence-electron chi connectivity index (χ2n) is 3.22. The second kappa shape index (κ2) is 5.25. The van der Waals surface area contributed by atoms with Gasteiger partial charge in [0.2, 0.25) is 5.88 Å². The van der Waals surface area contributed by atoms with E-state index in [0.717, 1.165) is 8.95 Å². The number of nitrogen functional groups attached to an aromatic ring is 1. The van der Waals surface area contributed by atoms with E-state index in [9.17, 15) is 0 Å². The molecule has 1 aromatic carbocycles. The van der Waals surface area contributed by atoms with Crippen LogP contribution in [0.1, 0.15) is 0 Å². The molecule has 0 saturated carbocycles. The lowest BCUT2D eigenvalue weighted by Crippen LogP contribution is -1.95. The number of halogens is 3. The van der Waals surface area contributed by atoms with Crippen molar-refractivity contribution in [2.75, 3.05) is 5.73 Å². The van der Waals surface area contributed by atoms with Crippen LogP contribution in [0.25, 0.3) is 0 Å². The lowest BCUT2D eigenvalue weighted by Gasteiger charge is -2.09. The summed E-state index contributed by atoms with van der Waals surface area (Å²) in [7, 11) is 0. The van der Waals surface area contributed by atoms with Gasteiger partial charge < -0.3 is 10.5 Å². The van der Waals surface area contributed by atoms with Crippen LogP contribution in [0.15, 0.2) is 39.4 Å². The van der Waals surface area contributed by atoms with Gasteiger partial charge in [-0.1, -0.05) is 27.5 Å². The standard InChI is InChI=1S/C11H7Br2ClN2O/c12-6-1-2-10(8(13)3-6)17-11-9(15)4-7(14)5-16-11/h1-5H,15H2. The molecule has 0 aliphatic rings. The van der Waals surface area contributed by atoms with Crippen LogP contribution < -0.4 is 10.5 Å². The summed E-state index contributed by atoms with van der Waals surface area (Å²) in [5.41, 5.74) is 6.15. The van der Waals surface area contributed by atoms with Gasteiger partial charge in [0, 0.05) is 10.7 Å². The van der Waals surface area contributed by atoms with Crippen LogP contribution in [0.2, 0.25) is 5.02 Å². The molecule has 0 atom stereocenters. The number of ether oxygens (including phenoxy) is 1. The molecule has 3 nitrogen and oxygen atoms in total. The molecule has 0 amide bonds. The van der Waals surface area contributed by atoms with Gasteiger partial charge >= 0.3 is 0 Å². The Labute approximate surface area is 120 Å². The first-order chi connectivity index (χ1) is 8.06. The Morgan fingerprint density at radius 1 is 1.24 bits per heavy atom. The Balaban J connectivity index is 2.31. The predicted octanol–water partition coefficient (Wildman–Crippen LogP) is 4.63. The average molecular weight is 378 g/mol. The number of pyridine rings is 1. The molecule has 88 valence electrons. The maximum absolute atomic E-state index is 5.76. The number of benzene rings is 1. The number of aromatic nitrogens is 1. The molecule has 0 unspecified atom stereocenters. The van der Waals surface area contributed by atoms with Crippen LogP contribution in [-0.4, -0.2) is 4.98 Å². The van der Waals surface area contributed by atoms with Gasteiger partial charge in [0.15, 0.2) is 0 Å². The van der Waals surface area contributed by atoms with Crippen LogP contribution in [0.3, 0.4) is 0 Å². The van der Waals surface area contributed by atoms with Gasteiger partial charge in [-0.25, -0.2) is 4.98 Å². The molecule has 1 heterocycles. The highest BCUT2D eigenvalue weighted by atomic mass is 79.9. The van der Waals surface area contributed by atoms with E-state index in [-0.39, 0.29) is 0 Å². The summed E-state index contributed by atoms with van der Waals surface area (Å²) in [6.07, 6.45) is 1.49. The molecule has 1 aromatic heterocycles. The molecule has 17 heavy (non-hydrogen) atoms. The molecule has 0 spiro atoms. The maximum Gasteiger partial charge on any atom is 0.242 e. The van der Waals surface area contributed by atoms with Crippen LogP contribution in [0.5, 0.6) is 11.6 Å². The van der Waals surface area contributed by atoms with Crippen molar-refractivity contribution in [3.63, 3.8) is 0 Å². The highest BCUT2D eigenvalue weighted by molar-refractivity contribution is 9.11. The van der Waals surface area contributed by atoms with E-state index < -0.39 is 0 Å². The van der Waals surface area contributed by atoms with Gasteiger partial charge in [0.1, 0.15) is 5.75 Å². The molecule has 0 aliphatic heterocycles. The van der Waals surface area contributed by atoms with Crippen molar-refractivity contribution >= 4 is 49.1 Å². The van der Waals surface area contributed by atoms with Crippen molar-refractivity contribution < 1.29 is 4.74 Å². The topological polar surface area (TPSA) is 48.1 Å². The summed E-state index contributed by atoms with van der Waals surface area (Å²) >= 11 is 12.5. The Hall–Kier alpha value is -0.780. The zero-order chi connectivity index (χ0) is 12.4. The van der Waals surface area contributed by atoms with E-state index in [0.29, 0.717) is 22.3 Å². The van der Waals surface area contributed by atoms with Crippen molar-refractivity contribution in [2.24, 2.45) is 0 Å². The number of hydrogen-bond acceptors (Lipinski definition) is 3. The first-order valence-electron chi connectivity index (χ1n) is 4.60. The van der Waals surface area contributed by atoms with Crippen molar-refractivity contribution in [1.82, 2.24) is 4.98 Å². The quantitative estimate of drug-likeness (QED) is 0.829. The van der Waals surface area contributed by atoms with E-state index >= 15 is 0 Å². The zero-order valence-corrected chi connectivity index (χ0v) is 12.4. The number of nitrogens with zero attached hydrogens (tertiary/aromatic N) is 1. The van der Waals surface area contributed by atoms with Gasteiger partial charge in [0.05, 0.1) is 15.2 Å². The fourth-order valence-electron chi connectivity index (χ4n) is 1.19. The lowest BCUT2D eigenvalue weighted by molar-refractivity contribution is 0.462. The smallest absolute Gasteiger partial charge is 0.242 e. The number of anilines is 1. The number of hydrogen-bond donors (Lipinski definition) is 1. The Morgan fingerprint density at radius 2 is 2.00 bits per heavy atom. The third-order valence-corrected chi connectivity index (χ3v) is 3.27. The molecule has 0 bridgehead atoms. The summed E-state index contributed by atoms with van der Waals surface area (Å²) in [5.74, 6) is 0.965. The van der Waals surface area contributed by atoms with Crippen molar-refractivity contribution in [2.45, 2.75) is 0 Å². The first kappa shape index (κ1) is 12.7. The van der Waals surface area contributed by atoms with E-state index in [2.05, 4.69) is 36.8 Å². The third kappa shape index (κ3) is 3.12. The summed E-state index contributed by atoms with van der Waals surface area (Å²) < 4.78 is 7.35. The zero-order valence-electron chi connectivity index (χ0n) is 8.45. The van der Waals surface area contributed by atoms with Gasteiger partial charge in [-0.05, 0) is 40.2 Å². The minimum absolute atomic E-state index is 0.331. The van der Waals surface area contributed by atoms with Crippen LogP contribution >= 0.6 is 43.5 Å². The Kier molecular flexibility index (Phi) is 3.91. The summed E-state index contributed by atoms with van der Waals surface area (Å²) in [6, 6.07) is 7.15. The number of nitrogens with two attached hydrogens (primary N) is 1. The van der Waals surface area contributed by atoms with E-state index in [4.69, 9.17) is 22.1 Å². The van der Waals surface area contributed by atoms with Gasteiger partial charge in [-0.2, -0.15) is 0 Å². The van der Waals surface area contributed by atoms with Crippen LogP contribution in [0, 0.1) is 0 Å². The summed E-state index contributed by atoms with van der Waals surface area (Å²) in [4.78, 5) is 4.02. The molecule has 2 N–H and O–H groups in total. The molecular weight excluding hydrogens is 371 g/mol. The van der Waals surface area contributed by atoms with E-state index in [1.165, 1.54) is 6.20 Å². The fourth-order valence-corrected chi connectivity index (χ4v) is 2.48. The predicted molar refractivity (Wildman–Crippen MR) is 75.6 cm³/mol. The Morgan fingerprint density at radius 3 is 2.65 bits per heavy atom. The van der Waals surface area contributed by atoms with Crippen LogP contribution in [-0.2, 0) is 0 Å². The molecule has 6 heteroatoms. The molecular formula is C11H7Br2ClN2O. The molecule has 0 aliphatic carbocycles.